The second-order valence-electron chi connectivity index (χ2n) is 4.52. The number of nitrogens with zero attached hydrogens (tertiary/aromatic N) is 1. The number of aliphatic hydroxyl groups is 1. The summed E-state index contributed by atoms with van der Waals surface area (Å²) < 4.78 is 41.7. The molecule has 0 saturated heterocycles. The lowest BCUT2D eigenvalue weighted by Gasteiger charge is -2.16. The number of benzene rings is 1. The zero-order chi connectivity index (χ0) is 18.1. The van der Waals surface area contributed by atoms with Gasteiger partial charge in [-0.3, -0.25) is 14.5 Å². The molecule has 1 aliphatic heterocycles. The van der Waals surface area contributed by atoms with Gasteiger partial charge in [0.2, 0.25) is 0 Å². The average molecular weight is 521 g/mol. The highest BCUT2D eigenvalue weighted by molar-refractivity contribution is 14.1. The van der Waals surface area contributed by atoms with Crippen LogP contribution in [0.5, 0.6) is 5.75 Å². The van der Waals surface area contributed by atoms with Crippen molar-refractivity contribution < 1.29 is 32.6 Å². The van der Waals surface area contributed by atoms with Crippen molar-refractivity contribution in [2.75, 3.05) is 18.5 Å². The molecule has 6 nitrogen and oxygen atoms in total. The van der Waals surface area contributed by atoms with Crippen molar-refractivity contribution in [1.82, 2.24) is 4.90 Å². The van der Waals surface area contributed by atoms with Gasteiger partial charge in [-0.25, -0.2) is 0 Å². The Labute approximate surface area is 155 Å². The lowest BCUT2D eigenvalue weighted by molar-refractivity contribution is -0.274. The summed E-state index contributed by atoms with van der Waals surface area (Å²) >= 11 is 4.96. The molecule has 1 heterocycles. The Morgan fingerprint density at radius 3 is 2.58 bits per heavy atom. The minimum Gasteiger partial charge on any atom is -0.406 e. The zero-order valence-corrected chi connectivity index (χ0v) is 15.4. The molecule has 0 atom stereocenters. The van der Waals surface area contributed by atoms with Crippen LogP contribution >= 0.6 is 38.5 Å². The molecule has 24 heavy (non-hydrogen) atoms. The van der Waals surface area contributed by atoms with Gasteiger partial charge in [0, 0.05) is 16.6 Å². The Morgan fingerprint density at radius 1 is 1.33 bits per heavy atom. The van der Waals surface area contributed by atoms with Crippen LogP contribution in [0.2, 0.25) is 0 Å². The number of hydrogen-bond donors (Lipinski definition) is 2. The van der Waals surface area contributed by atoms with Crippen LogP contribution in [0, 0.1) is 3.57 Å². The van der Waals surface area contributed by atoms with Crippen molar-refractivity contribution in [3.63, 3.8) is 0 Å². The van der Waals surface area contributed by atoms with Gasteiger partial charge in [-0.2, -0.15) is 0 Å². The number of carbonyl (C=O) groups excluding carboxylic acids is 2. The lowest BCUT2D eigenvalue weighted by Crippen LogP contribution is -2.34. The molecular weight excluding hydrogens is 512 g/mol. The monoisotopic (exact) mass is 520 g/mol. The summed E-state index contributed by atoms with van der Waals surface area (Å²) in [6, 6.07) is 2.20. The molecule has 0 spiro atoms. The Kier molecular flexibility index (Phi) is 5.75. The van der Waals surface area contributed by atoms with E-state index in [-0.39, 0.29) is 17.9 Å². The molecule has 0 aromatic heterocycles. The number of rotatable bonds is 5. The Hall–Kier alpha value is -1.34. The number of nitrogens with one attached hydrogen (secondary N) is 1. The van der Waals surface area contributed by atoms with Gasteiger partial charge in [-0.05, 0) is 44.6 Å². The summed E-state index contributed by atoms with van der Waals surface area (Å²) in [6.45, 7) is -0.562. The van der Waals surface area contributed by atoms with Gasteiger partial charge in [-0.1, -0.05) is 0 Å². The van der Waals surface area contributed by atoms with E-state index in [2.05, 4.69) is 26.0 Å². The van der Waals surface area contributed by atoms with E-state index in [0.717, 1.165) is 23.1 Å². The molecule has 2 amide bonds. The number of halogens is 5. The van der Waals surface area contributed by atoms with Crippen molar-refractivity contribution in [3.8, 4) is 5.75 Å². The second kappa shape index (κ2) is 7.27. The molecule has 0 bridgehead atoms. The number of hydrogen-bond acceptors (Lipinski definition) is 5. The number of β-amino-alcohol motifs (C(OH)–C–C–N with tert-alkyl or cyclic N) is 1. The van der Waals surface area contributed by atoms with E-state index in [1.807, 2.05) is 22.6 Å². The van der Waals surface area contributed by atoms with Gasteiger partial charge in [-0.15, -0.1) is 13.2 Å². The zero-order valence-electron chi connectivity index (χ0n) is 11.7. The molecule has 0 aliphatic carbocycles. The van der Waals surface area contributed by atoms with Gasteiger partial charge in [0.15, 0.2) is 0 Å². The minimum atomic E-state index is -4.86. The number of anilines is 1. The summed E-state index contributed by atoms with van der Waals surface area (Å²) in [5.74, 6) is -1.78. The van der Waals surface area contributed by atoms with Crippen LogP contribution < -0.4 is 10.1 Å². The molecule has 11 heteroatoms. The maximum atomic E-state index is 12.4. The number of aliphatic hydroxyl groups excluding tert-OH is 1. The summed E-state index contributed by atoms with van der Waals surface area (Å²) in [5.41, 5.74) is 0.0462. The Bertz CT molecular complexity index is 724. The number of imide groups is 1. The molecule has 0 saturated carbocycles. The third kappa shape index (κ3) is 4.39. The van der Waals surface area contributed by atoms with Crippen LogP contribution in [0.1, 0.15) is 0 Å². The molecule has 0 radical (unpaired) electrons. The van der Waals surface area contributed by atoms with Gasteiger partial charge in [0.1, 0.15) is 11.4 Å². The first-order valence-corrected chi connectivity index (χ1v) is 8.19. The standard InChI is InChI=1S/C13H9BrF3IN2O4/c14-7-3-6(24-13(15,16)17)4-8(11(7)18)19-9-5-10(22)20(1-2-21)12(9)23/h3-5,19,21H,1-2H2. The summed E-state index contributed by atoms with van der Waals surface area (Å²) in [5, 5.41) is 11.5. The van der Waals surface area contributed by atoms with E-state index in [1.165, 1.54) is 0 Å². The SMILES string of the molecule is O=C1C=C(Nc2cc(OC(F)(F)F)cc(Br)c2I)C(=O)N1CCO. The molecule has 0 unspecified atom stereocenters. The van der Waals surface area contributed by atoms with E-state index in [1.54, 1.807) is 0 Å². The highest BCUT2D eigenvalue weighted by Crippen LogP contribution is 2.35. The normalized spacial score (nSPS) is 14.9. The molecule has 1 aliphatic rings. The van der Waals surface area contributed by atoms with Crippen molar-refractivity contribution in [2.24, 2.45) is 0 Å². The van der Waals surface area contributed by atoms with Crippen LogP contribution in [-0.2, 0) is 9.59 Å². The molecule has 1 aromatic carbocycles. The first-order valence-electron chi connectivity index (χ1n) is 6.32. The van der Waals surface area contributed by atoms with Crippen molar-refractivity contribution in [2.45, 2.75) is 6.36 Å². The van der Waals surface area contributed by atoms with E-state index in [0.29, 0.717) is 8.04 Å². The van der Waals surface area contributed by atoms with E-state index in [9.17, 15) is 22.8 Å². The second-order valence-corrected chi connectivity index (χ2v) is 6.45. The van der Waals surface area contributed by atoms with Crippen molar-refractivity contribution in [3.05, 3.63) is 31.9 Å². The van der Waals surface area contributed by atoms with Crippen molar-refractivity contribution in [1.29, 1.82) is 0 Å². The van der Waals surface area contributed by atoms with Crippen LogP contribution in [0.15, 0.2) is 28.4 Å². The smallest absolute Gasteiger partial charge is 0.406 e. The number of ether oxygens (including phenoxy) is 1. The van der Waals surface area contributed by atoms with E-state index >= 15 is 0 Å². The highest BCUT2D eigenvalue weighted by Gasteiger charge is 2.33. The Balaban J connectivity index is 2.28. The Morgan fingerprint density at radius 2 is 2.00 bits per heavy atom. The quantitative estimate of drug-likeness (QED) is 0.461. The predicted molar refractivity (Wildman–Crippen MR) is 89.1 cm³/mol. The van der Waals surface area contributed by atoms with Gasteiger partial charge in [0.25, 0.3) is 11.8 Å². The summed E-state index contributed by atoms with van der Waals surface area (Å²) in [6.07, 6.45) is -3.85. The van der Waals surface area contributed by atoms with E-state index in [4.69, 9.17) is 5.11 Å². The summed E-state index contributed by atoms with van der Waals surface area (Å²) in [4.78, 5) is 24.6. The fourth-order valence-electron chi connectivity index (χ4n) is 1.90. The fraction of sp³-hybridized carbons (Fsp3) is 0.231. The van der Waals surface area contributed by atoms with Gasteiger partial charge < -0.3 is 15.2 Å². The van der Waals surface area contributed by atoms with Crippen LogP contribution in [0.3, 0.4) is 0 Å². The van der Waals surface area contributed by atoms with E-state index < -0.39 is 30.5 Å². The van der Waals surface area contributed by atoms with Crippen molar-refractivity contribution >= 4 is 56.0 Å². The minimum absolute atomic E-state index is 0.109. The third-order valence-electron chi connectivity index (χ3n) is 2.84. The largest absolute Gasteiger partial charge is 0.573 e. The maximum Gasteiger partial charge on any atom is 0.573 e. The topological polar surface area (TPSA) is 78.9 Å². The molecule has 2 N–H and O–H groups in total. The molecular formula is C13H9BrF3IN2O4. The molecule has 130 valence electrons. The third-order valence-corrected chi connectivity index (χ3v) is 5.37. The lowest BCUT2D eigenvalue weighted by atomic mass is 10.3. The maximum absolute atomic E-state index is 12.4. The molecule has 0 fully saturated rings. The molecule has 1 aromatic rings. The van der Waals surface area contributed by atoms with Gasteiger partial charge >= 0.3 is 6.36 Å². The average Bonchev–Trinajstić information content (AvgIpc) is 2.70. The molecule has 2 rings (SSSR count). The van der Waals surface area contributed by atoms with Crippen LogP contribution in [0.25, 0.3) is 0 Å². The van der Waals surface area contributed by atoms with Crippen LogP contribution in [-0.4, -0.2) is 41.3 Å². The highest BCUT2D eigenvalue weighted by atomic mass is 127. The number of alkyl halides is 3. The van der Waals surface area contributed by atoms with Gasteiger partial charge in [0.05, 0.1) is 22.4 Å². The number of carbonyl (C=O) groups is 2. The first-order chi connectivity index (χ1) is 11.1. The van der Waals surface area contributed by atoms with Crippen LogP contribution in [0.4, 0.5) is 18.9 Å². The predicted octanol–water partition coefficient (Wildman–Crippen LogP) is 2.61. The first kappa shape index (κ1) is 19.0. The fourth-order valence-corrected chi connectivity index (χ4v) is 2.79. The number of amides is 2. The summed E-state index contributed by atoms with van der Waals surface area (Å²) in [7, 11) is 0.